The Morgan fingerprint density at radius 1 is 1.13 bits per heavy atom. The highest BCUT2D eigenvalue weighted by atomic mass is 32.2. The molecule has 3 rings (SSSR count). The van der Waals surface area contributed by atoms with Crippen LogP contribution in [0.3, 0.4) is 0 Å². The molecule has 160 valence electrons. The van der Waals surface area contributed by atoms with Crippen LogP contribution in [0.4, 0.5) is 18.9 Å². The number of rotatable bonds is 7. The van der Waals surface area contributed by atoms with Gasteiger partial charge in [-0.3, -0.25) is 0 Å². The Balaban J connectivity index is 1.85. The average Bonchev–Trinajstić information content (AvgIpc) is 3.12. The molecule has 0 fully saturated rings. The molecule has 2 aromatic carbocycles. The van der Waals surface area contributed by atoms with E-state index in [0.717, 1.165) is 5.56 Å². The Morgan fingerprint density at radius 3 is 2.40 bits per heavy atom. The minimum atomic E-state index is -4.74. The van der Waals surface area contributed by atoms with Gasteiger partial charge in [-0.2, -0.15) is 0 Å². The van der Waals surface area contributed by atoms with Gasteiger partial charge in [-0.05, 0) is 35.9 Å². The van der Waals surface area contributed by atoms with E-state index < -0.39 is 16.2 Å². The molecule has 30 heavy (non-hydrogen) atoms. The van der Waals surface area contributed by atoms with Crippen molar-refractivity contribution in [1.82, 2.24) is 9.55 Å². The topological polar surface area (TPSA) is 73.2 Å². The fraction of sp³-hybridized carbons (Fsp3) is 0.250. The van der Waals surface area contributed by atoms with Gasteiger partial charge in [-0.1, -0.05) is 19.1 Å². The Morgan fingerprint density at radius 2 is 1.83 bits per heavy atom. The lowest BCUT2D eigenvalue weighted by Crippen LogP contribution is -2.17. The molecular weight excluding hydrogens is 419 g/mol. The predicted molar refractivity (Wildman–Crippen MR) is 107 cm³/mol. The Hall–Kier alpha value is -3.01. The number of sulfone groups is 1. The maximum atomic E-state index is 12.3. The summed E-state index contributed by atoms with van der Waals surface area (Å²) in [5.41, 5.74) is 2.59. The van der Waals surface area contributed by atoms with Gasteiger partial charge in [0.1, 0.15) is 5.75 Å². The standard InChI is InChI=1S/C20H20F3N3O3S/c1-3-30(27,28)16-8-9-18(17(10-16)19-12-26(2)13-25-19)24-11-14-4-6-15(7-5-14)29-20(21,22)23/h4-10,12-13,24H,3,11H2,1-2H3. The largest absolute Gasteiger partial charge is 0.573 e. The molecule has 0 atom stereocenters. The van der Waals surface area contributed by atoms with Crippen LogP contribution < -0.4 is 10.1 Å². The van der Waals surface area contributed by atoms with E-state index in [2.05, 4.69) is 15.0 Å². The molecule has 3 aromatic rings. The first-order valence-corrected chi connectivity index (χ1v) is 10.7. The lowest BCUT2D eigenvalue weighted by Gasteiger charge is -2.14. The Labute approximate surface area is 172 Å². The van der Waals surface area contributed by atoms with Crippen LogP contribution in [0, 0.1) is 0 Å². The molecule has 0 unspecified atom stereocenters. The Kier molecular flexibility index (Phi) is 6.06. The molecule has 6 nitrogen and oxygen atoms in total. The smallest absolute Gasteiger partial charge is 0.406 e. The summed E-state index contributed by atoms with van der Waals surface area (Å²) in [4.78, 5) is 4.50. The Bertz CT molecular complexity index is 1120. The molecule has 0 aliphatic heterocycles. The summed E-state index contributed by atoms with van der Waals surface area (Å²) in [5.74, 6) is -0.317. The van der Waals surface area contributed by atoms with Crippen LogP contribution in [0.15, 0.2) is 59.9 Å². The lowest BCUT2D eigenvalue weighted by atomic mass is 10.1. The summed E-state index contributed by atoms with van der Waals surface area (Å²) in [6, 6.07) is 10.3. The van der Waals surface area contributed by atoms with Gasteiger partial charge in [0.05, 0.1) is 22.7 Å². The summed E-state index contributed by atoms with van der Waals surface area (Å²) >= 11 is 0. The van der Waals surface area contributed by atoms with Gasteiger partial charge in [0.25, 0.3) is 0 Å². The number of benzene rings is 2. The van der Waals surface area contributed by atoms with Crippen LogP contribution in [0.1, 0.15) is 12.5 Å². The fourth-order valence-corrected chi connectivity index (χ4v) is 3.71. The van der Waals surface area contributed by atoms with Crippen molar-refractivity contribution in [3.63, 3.8) is 0 Å². The molecule has 0 spiro atoms. The zero-order chi connectivity index (χ0) is 21.9. The van der Waals surface area contributed by atoms with E-state index in [1.807, 2.05) is 0 Å². The molecular formula is C20H20F3N3O3S. The number of nitrogens with zero attached hydrogens (tertiary/aromatic N) is 2. The van der Waals surface area contributed by atoms with Crippen molar-refractivity contribution in [3.8, 4) is 17.0 Å². The van der Waals surface area contributed by atoms with E-state index in [1.54, 1.807) is 43.2 Å². The third-order valence-corrected chi connectivity index (χ3v) is 6.08. The number of imidazole rings is 1. The second kappa shape index (κ2) is 8.39. The summed E-state index contributed by atoms with van der Waals surface area (Å²) in [5, 5.41) is 3.19. The van der Waals surface area contributed by atoms with Gasteiger partial charge in [-0.15, -0.1) is 13.2 Å². The highest BCUT2D eigenvalue weighted by molar-refractivity contribution is 7.91. The number of aromatic nitrogens is 2. The van der Waals surface area contributed by atoms with Crippen LogP contribution in [0.2, 0.25) is 0 Å². The van der Waals surface area contributed by atoms with Crippen LogP contribution >= 0.6 is 0 Å². The van der Waals surface area contributed by atoms with Gasteiger partial charge in [-0.25, -0.2) is 13.4 Å². The first-order valence-electron chi connectivity index (χ1n) is 9.01. The third kappa shape index (κ3) is 5.32. The minimum Gasteiger partial charge on any atom is -0.406 e. The second-order valence-electron chi connectivity index (χ2n) is 6.58. The fourth-order valence-electron chi connectivity index (χ4n) is 2.81. The summed E-state index contributed by atoms with van der Waals surface area (Å²) in [6.45, 7) is 1.89. The van der Waals surface area contributed by atoms with Gasteiger partial charge in [0.2, 0.25) is 0 Å². The van der Waals surface area contributed by atoms with E-state index in [9.17, 15) is 21.6 Å². The SMILES string of the molecule is CCS(=O)(=O)c1ccc(NCc2ccc(OC(F)(F)F)cc2)c(-c2cn(C)cn2)c1. The molecule has 0 radical (unpaired) electrons. The van der Waals surface area contributed by atoms with Crippen LogP contribution in [-0.4, -0.2) is 30.1 Å². The van der Waals surface area contributed by atoms with Crippen LogP contribution in [0.5, 0.6) is 5.75 Å². The summed E-state index contributed by atoms with van der Waals surface area (Å²) in [7, 11) is -1.59. The molecule has 0 saturated heterocycles. The van der Waals surface area contributed by atoms with Crippen molar-refractivity contribution in [2.45, 2.75) is 24.7 Å². The van der Waals surface area contributed by atoms with Gasteiger partial charge >= 0.3 is 6.36 Å². The molecule has 1 heterocycles. The predicted octanol–water partition coefficient (Wildman–Crippen LogP) is 4.39. The van der Waals surface area contributed by atoms with Crippen molar-refractivity contribution >= 4 is 15.5 Å². The zero-order valence-corrected chi connectivity index (χ0v) is 17.1. The lowest BCUT2D eigenvalue weighted by molar-refractivity contribution is -0.274. The van der Waals surface area contributed by atoms with Gasteiger partial charge < -0.3 is 14.6 Å². The number of nitrogens with one attached hydrogen (secondary N) is 1. The van der Waals surface area contributed by atoms with E-state index in [4.69, 9.17) is 0 Å². The second-order valence-corrected chi connectivity index (χ2v) is 8.86. The van der Waals surface area contributed by atoms with E-state index >= 15 is 0 Å². The van der Waals surface area contributed by atoms with E-state index in [1.165, 1.54) is 30.3 Å². The van der Waals surface area contributed by atoms with Gasteiger partial charge in [0, 0.05) is 31.0 Å². The zero-order valence-electron chi connectivity index (χ0n) is 16.3. The van der Waals surface area contributed by atoms with Crippen molar-refractivity contribution in [2.24, 2.45) is 7.05 Å². The van der Waals surface area contributed by atoms with Crippen molar-refractivity contribution in [3.05, 3.63) is 60.6 Å². The quantitative estimate of drug-likeness (QED) is 0.591. The first-order chi connectivity index (χ1) is 14.1. The number of hydrogen-bond acceptors (Lipinski definition) is 5. The maximum absolute atomic E-state index is 12.3. The van der Waals surface area contributed by atoms with Crippen molar-refractivity contribution in [2.75, 3.05) is 11.1 Å². The molecule has 0 bridgehead atoms. The normalized spacial score (nSPS) is 12.0. The van der Waals surface area contributed by atoms with Gasteiger partial charge in [0.15, 0.2) is 9.84 Å². The molecule has 0 amide bonds. The number of ether oxygens (including phenoxy) is 1. The van der Waals surface area contributed by atoms with Crippen LogP contribution in [0.25, 0.3) is 11.3 Å². The van der Waals surface area contributed by atoms with Crippen molar-refractivity contribution < 1.29 is 26.3 Å². The van der Waals surface area contributed by atoms with E-state index in [0.29, 0.717) is 23.5 Å². The summed E-state index contributed by atoms with van der Waals surface area (Å²) in [6.07, 6.45) is -1.36. The number of anilines is 1. The first kappa shape index (κ1) is 21.7. The molecule has 1 N–H and O–H groups in total. The monoisotopic (exact) mass is 439 g/mol. The number of hydrogen-bond donors (Lipinski definition) is 1. The average molecular weight is 439 g/mol. The molecule has 1 aromatic heterocycles. The molecule has 10 heteroatoms. The number of aryl methyl sites for hydroxylation is 1. The molecule has 0 aliphatic rings. The molecule has 0 saturated carbocycles. The van der Waals surface area contributed by atoms with Crippen LogP contribution in [-0.2, 0) is 23.4 Å². The highest BCUT2D eigenvalue weighted by Crippen LogP contribution is 2.30. The summed E-state index contributed by atoms with van der Waals surface area (Å²) < 4.78 is 67.0. The maximum Gasteiger partial charge on any atom is 0.573 e. The van der Waals surface area contributed by atoms with Crippen molar-refractivity contribution in [1.29, 1.82) is 0 Å². The minimum absolute atomic E-state index is 0.0201. The van der Waals surface area contributed by atoms with E-state index in [-0.39, 0.29) is 16.4 Å². The highest BCUT2D eigenvalue weighted by Gasteiger charge is 2.30. The molecule has 0 aliphatic carbocycles. The third-order valence-electron chi connectivity index (χ3n) is 4.35. The number of halogens is 3. The number of alkyl halides is 3.